The summed E-state index contributed by atoms with van der Waals surface area (Å²) in [4.78, 5) is 11.0. The van der Waals surface area contributed by atoms with Crippen LogP contribution in [0.5, 0.6) is 0 Å². The summed E-state index contributed by atoms with van der Waals surface area (Å²) in [5, 5.41) is 9.91. The molecule has 1 N–H and O–H groups in total. The summed E-state index contributed by atoms with van der Waals surface area (Å²) in [7, 11) is 0. The van der Waals surface area contributed by atoms with Gasteiger partial charge in [0.2, 0.25) is 5.78 Å². The third-order valence-corrected chi connectivity index (χ3v) is 4.38. The monoisotopic (exact) mass is 324 g/mol. The molecular weight excluding hydrogens is 300 g/mol. The van der Waals surface area contributed by atoms with E-state index in [0.29, 0.717) is 18.2 Å². The van der Waals surface area contributed by atoms with Crippen molar-refractivity contribution in [2.24, 2.45) is 5.92 Å². The minimum absolute atomic E-state index is 0.0902. The van der Waals surface area contributed by atoms with Gasteiger partial charge >= 0.3 is 0 Å². The van der Waals surface area contributed by atoms with Gasteiger partial charge in [-0.1, -0.05) is 44.2 Å². The molecule has 0 aliphatic rings. The second kappa shape index (κ2) is 7.55. The van der Waals surface area contributed by atoms with E-state index in [1.165, 1.54) is 5.56 Å². The number of aromatic nitrogens is 3. The number of aliphatic hydroxyl groups excluding tert-OH is 1. The molecule has 126 valence electrons. The zero-order chi connectivity index (χ0) is 16.9. The molecule has 0 spiro atoms. The standard InChI is InChI=1S/C19H24N4O/c1-15(2)18(14-24)22(12-16-7-4-3-5-8-16)13-17-11-21-19-20-9-6-10-23(17)19/h3-11,15,18,24H,12-14H2,1-2H3. The van der Waals surface area contributed by atoms with Crippen molar-refractivity contribution in [2.45, 2.75) is 33.0 Å². The lowest BCUT2D eigenvalue weighted by atomic mass is 10.0. The minimum atomic E-state index is 0.0902. The molecule has 5 nitrogen and oxygen atoms in total. The van der Waals surface area contributed by atoms with Crippen LogP contribution in [0.15, 0.2) is 55.0 Å². The van der Waals surface area contributed by atoms with E-state index in [1.807, 2.05) is 28.9 Å². The van der Waals surface area contributed by atoms with E-state index in [-0.39, 0.29) is 12.6 Å². The fourth-order valence-electron chi connectivity index (χ4n) is 3.06. The van der Waals surface area contributed by atoms with Crippen LogP contribution < -0.4 is 0 Å². The Morgan fingerprint density at radius 3 is 2.58 bits per heavy atom. The van der Waals surface area contributed by atoms with Gasteiger partial charge in [0.25, 0.3) is 0 Å². The molecule has 3 aromatic rings. The molecule has 1 unspecified atom stereocenters. The number of aliphatic hydroxyl groups is 1. The van der Waals surface area contributed by atoms with E-state index in [9.17, 15) is 5.11 Å². The van der Waals surface area contributed by atoms with Crippen molar-refractivity contribution in [1.82, 2.24) is 19.3 Å². The molecule has 0 aliphatic carbocycles. The lowest BCUT2D eigenvalue weighted by Gasteiger charge is -2.33. The molecule has 0 saturated carbocycles. The van der Waals surface area contributed by atoms with Gasteiger partial charge in [0.1, 0.15) is 0 Å². The van der Waals surface area contributed by atoms with Gasteiger partial charge in [0.15, 0.2) is 0 Å². The summed E-state index contributed by atoms with van der Waals surface area (Å²) in [5.74, 6) is 1.06. The zero-order valence-corrected chi connectivity index (χ0v) is 14.2. The van der Waals surface area contributed by atoms with E-state index in [1.54, 1.807) is 6.20 Å². The molecule has 2 aromatic heterocycles. The molecule has 0 aliphatic heterocycles. The SMILES string of the molecule is CC(C)C(CO)N(Cc1ccccc1)Cc1cnc2ncccn12. The molecular formula is C19H24N4O. The molecule has 1 atom stereocenters. The van der Waals surface area contributed by atoms with Gasteiger partial charge < -0.3 is 5.11 Å². The van der Waals surface area contributed by atoms with Crippen LogP contribution in [0, 0.1) is 5.92 Å². The van der Waals surface area contributed by atoms with Crippen molar-refractivity contribution in [1.29, 1.82) is 0 Å². The number of rotatable bonds is 7. The zero-order valence-electron chi connectivity index (χ0n) is 14.2. The van der Waals surface area contributed by atoms with Gasteiger partial charge in [-0.25, -0.2) is 9.97 Å². The Morgan fingerprint density at radius 2 is 1.88 bits per heavy atom. The highest BCUT2D eigenvalue weighted by atomic mass is 16.3. The number of nitrogens with zero attached hydrogens (tertiary/aromatic N) is 4. The summed E-state index contributed by atoms with van der Waals surface area (Å²) in [6.07, 6.45) is 5.60. The first-order valence-corrected chi connectivity index (χ1v) is 8.35. The molecule has 3 rings (SSSR count). The normalized spacial score (nSPS) is 13.0. The van der Waals surface area contributed by atoms with Crippen molar-refractivity contribution < 1.29 is 5.11 Å². The van der Waals surface area contributed by atoms with Gasteiger partial charge in [-0.05, 0) is 17.5 Å². The van der Waals surface area contributed by atoms with Crippen LogP contribution in [0.3, 0.4) is 0 Å². The summed E-state index contributed by atoms with van der Waals surface area (Å²) in [5.41, 5.74) is 2.32. The molecule has 0 fully saturated rings. The topological polar surface area (TPSA) is 53.7 Å². The van der Waals surface area contributed by atoms with Crippen molar-refractivity contribution >= 4 is 5.78 Å². The minimum Gasteiger partial charge on any atom is -0.395 e. The molecule has 0 bridgehead atoms. The summed E-state index contributed by atoms with van der Waals surface area (Å²) in [6.45, 7) is 5.94. The quantitative estimate of drug-likeness (QED) is 0.726. The molecule has 0 amide bonds. The average molecular weight is 324 g/mol. The molecule has 0 saturated heterocycles. The highest BCUT2D eigenvalue weighted by Gasteiger charge is 2.22. The Hall–Kier alpha value is -2.24. The van der Waals surface area contributed by atoms with E-state index >= 15 is 0 Å². The predicted octanol–water partition coefficient (Wildman–Crippen LogP) is 2.75. The summed E-state index contributed by atoms with van der Waals surface area (Å²) < 4.78 is 2.01. The van der Waals surface area contributed by atoms with Gasteiger partial charge in [-0.3, -0.25) is 9.30 Å². The Labute approximate surface area is 142 Å². The summed E-state index contributed by atoms with van der Waals surface area (Å²) >= 11 is 0. The van der Waals surface area contributed by atoms with Crippen molar-refractivity contribution in [2.75, 3.05) is 6.61 Å². The first kappa shape index (κ1) is 16.6. The van der Waals surface area contributed by atoms with Gasteiger partial charge in [0.05, 0.1) is 18.5 Å². The maximum atomic E-state index is 9.91. The van der Waals surface area contributed by atoms with E-state index in [0.717, 1.165) is 12.2 Å². The van der Waals surface area contributed by atoms with E-state index < -0.39 is 0 Å². The number of benzene rings is 1. The van der Waals surface area contributed by atoms with Crippen LogP contribution in [0.2, 0.25) is 0 Å². The van der Waals surface area contributed by atoms with Crippen LogP contribution in [0.25, 0.3) is 5.78 Å². The Morgan fingerprint density at radius 1 is 1.08 bits per heavy atom. The molecule has 0 radical (unpaired) electrons. The maximum Gasteiger partial charge on any atom is 0.233 e. The van der Waals surface area contributed by atoms with Crippen molar-refractivity contribution in [3.63, 3.8) is 0 Å². The highest BCUT2D eigenvalue weighted by Crippen LogP contribution is 2.18. The van der Waals surface area contributed by atoms with Crippen LogP contribution in [-0.2, 0) is 13.1 Å². The van der Waals surface area contributed by atoms with Crippen molar-refractivity contribution in [3.8, 4) is 0 Å². The lowest BCUT2D eigenvalue weighted by molar-refractivity contribution is 0.0772. The maximum absolute atomic E-state index is 9.91. The van der Waals surface area contributed by atoms with Crippen LogP contribution in [0.1, 0.15) is 25.1 Å². The lowest BCUT2D eigenvalue weighted by Crippen LogP contribution is -2.41. The molecule has 2 heterocycles. The number of hydrogen-bond donors (Lipinski definition) is 1. The molecule has 5 heteroatoms. The first-order valence-electron chi connectivity index (χ1n) is 8.35. The Bertz CT molecular complexity index is 769. The molecule has 24 heavy (non-hydrogen) atoms. The Kier molecular flexibility index (Phi) is 5.23. The fraction of sp³-hybridized carbons (Fsp3) is 0.368. The van der Waals surface area contributed by atoms with E-state index in [4.69, 9.17) is 0 Å². The average Bonchev–Trinajstić information content (AvgIpc) is 2.99. The van der Waals surface area contributed by atoms with Gasteiger partial charge in [-0.2, -0.15) is 0 Å². The second-order valence-electron chi connectivity index (χ2n) is 6.42. The number of imidazole rings is 1. The van der Waals surface area contributed by atoms with Crippen molar-refractivity contribution in [3.05, 3.63) is 66.2 Å². The third-order valence-electron chi connectivity index (χ3n) is 4.38. The van der Waals surface area contributed by atoms with Crippen LogP contribution >= 0.6 is 0 Å². The van der Waals surface area contributed by atoms with Crippen LogP contribution in [-0.4, -0.2) is 37.0 Å². The van der Waals surface area contributed by atoms with Gasteiger partial charge in [-0.15, -0.1) is 0 Å². The summed E-state index contributed by atoms with van der Waals surface area (Å²) in [6, 6.07) is 12.4. The second-order valence-corrected chi connectivity index (χ2v) is 6.42. The molecule has 1 aromatic carbocycles. The fourth-order valence-corrected chi connectivity index (χ4v) is 3.06. The predicted molar refractivity (Wildman–Crippen MR) is 94.4 cm³/mol. The number of hydrogen-bond acceptors (Lipinski definition) is 4. The van der Waals surface area contributed by atoms with Gasteiger partial charge in [0, 0.05) is 31.5 Å². The third kappa shape index (κ3) is 3.63. The van der Waals surface area contributed by atoms with E-state index in [2.05, 4.69) is 53.0 Å². The Balaban J connectivity index is 1.89. The smallest absolute Gasteiger partial charge is 0.233 e. The highest BCUT2D eigenvalue weighted by molar-refractivity contribution is 5.30. The largest absolute Gasteiger partial charge is 0.395 e. The number of fused-ring (bicyclic) bond motifs is 1. The van der Waals surface area contributed by atoms with Crippen LogP contribution in [0.4, 0.5) is 0 Å². The first-order chi connectivity index (χ1) is 11.7.